The zero-order valence-electron chi connectivity index (χ0n) is 22.4. The fourth-order valence-corrected chi connectivity index (χ4v) is 6.96. The number of aromatic nitrogens is 3. The minimum Gasteiger partial charge on any atom is -0.384 e. The molecule has 0 saturated heterocycles. The van der Waals surface area contributed by atoms with Gasteiger partial charge in [0, 0.05) is 34.2 Å². The van der Waals surface area contributed by atoms with Crippen molar-refractivity contribution in [2.45, 2.75) is 39.5 Å². The summed E-state index contributed by atoms with van der Waals surface area (Å²) in [6.07, 6.45) is 0.944. The van der Waals surface area contributed by atoms with Gasteiger partial charge < -0.3 is 5.73 Å². The van der Waals surface area contributed by atoms with E-state index in [0.29, 0.717) is 40.0 Å². The molecule has 6 rings (SSSR count). The lowest BCUT2D eigenvalue weighted by atomic mass is 9.68. The zero-order valence-corrected chi connectivity index (χ0v) is 23.9. The number of anilines is 1. The summed E-state index contributed by atoms with van der Waals surface area (Å²) in [7, 11) is 0. The summed E-state index contributed by atoms with van der Waals surface area (Å²) in [6, 6.07) is 21.8. The van der Waals surface area contributed by atoms with E-state index in [9.17, 15) is 10.1 Å². The van der Waals surface area contributed by atoms with Crippen molar-refractivity contribution in [1.82, 2.24) is 14.8 Å². The Balaban J connectivity index is 1.56. The normalized spacial score (nSPS) is 18.6. The van der Waals surface area contributed by atoms with Gasteiger partial charge >= 0.3 is 0 Å². The lowest BCUT2D eigenvalue weighted by Gasteiger charge is -2.42. The molecule has 1 aliphatic heterocycles. The third-order valence-corrected chi connectivity index (χ3v) is 8.66. The number of ketones is 1. The Bertz CT molecular complexity index is 1740. The summed E-state index contributed by atoms with van der Waals surface area (Å²) in [6.45, 7) is 6.00. The number of carbonyl (C=O) groups is 1. The summed E-state index contributed by atoms with van der Waals surface area (Å²) in [5.41, 5.74) is 11.9. The number of benzene rings is 2. The fraction of sp³-hybridized carbons (Fsp3) is 0.226. The Morgan fingerprint density at radius 1 is 1.10 bits per heavy atom. The number of nitrogens with two attached hydrogens (primary N) is 1. The van der Waals surface area contributed by atoms with Gasteiger partial charge in [-0.3, -0.25) is 9.69 Å². The third kappa shape index (κ3) is 4.23. The van der Waals surface area contributed by atoms with Crippen molar-refractivity contribution in [2.24, 2.45) is 11.1 Å². The molecule has 2 aromatic carbocycles. The van der Waals surface area contributed by atoms with Crippen LogP contribution in [0, 0.1) is 23.7 Å². The molecule has 0 spiro atoms. The van der Waals surface area contributed by atoms with E-state index in [1.165, 1.54) is 11.3 Å². The number of hydrogen-bond acceptors (Lipinski definition) is 7. The average molecular weight is 567 g/mol. The maximum absolute atomic E-state index is 14.0. The van der Waals surface area contributed by atoms with Gasteiger partial charge in [0.2, 0.25) is 0 Å². The molecule has 2 aromatic heterocycles. The second kappa shape index (κ2) is 9.77. The standard InChI is InChI=1S/C31H27ClN6OS/c1-18-25(28(32)38(36-18)20-12-8-5-9-13-20)26-21(16-33)29(34)37(23-14-31(2,3)15-24(39)27(23)26)30-35-22(17-40-30)19-10-6-4-7-11-19/h4-13,17,26H,14-15,34H2,1-3H3. The summed E-state index contributed by atoms with van der Waals surface area (Å²) >= 11 is 8.43. The van der Waals surface area contributed by atoms with E-state index in [-0.39, 0.29) is 22.6 Å². The van der Waals surface area contributed by atoms with E-state index in [1.54, 1.807) is 4.68 Å². The van der Waals surface area contributed by atoms with Crippen molar-refractivity contribution in [2.75, 3.05) is 4.90 Å². The Morgan fingerprint density at radius 2 is 1.77 bits per heavy atom. The predicted molar refractivity (Wildman–Crippen MR) is 158 cm³/mol. The van der Waals surface area contributed by atoms with Gasteiger partial charge in [-0.2, -0.15) is 10.4 Å². The molecular formula is C31H27ClN6OS. The van der Waals surface area contributed by atoms with E-state index in [4.69, 9.17) is 27.4 Å². The van der Waals surface area contributed by atoms with Gasteiger partial charge in [-0.25, -0.2) is 9.67 Å². The molecule has 7 nitrogen and oxygen atoms in total. The Kier molecular flexibility index (Phi) is 6.37. The molecule has 4 aromatic rings. The maximum Gasteiger partial charge on any atom is 0.195 e. The van der Waals surface area contributed by atoms with Crippen molar-refractivity contribution >= 4 is 33.9 Å². The highest BCUT2D eigenvalue weighted by atomic mass is 35.5. The topological polar surface area (TPSA) is 101 Å². The smallest absolute Gasteiger partial charge is 0.195 e. The molecule has 0 saturated carbocycles. The average Bonchev–Trinajstić information content (AvgIpc) is 3.52. The molecule has 0 amide bonds. The molecular weight excluding hydrogens is 540 g/mol. The number of nitriles is 1. The highest BCUT2D eigenvalue weighted by Gasteiger charge is 2.47. The van der Waals surface area contributed by atoms with Crippen LogP contribution in [-0.4, -0.2) is 20.5 Å². The highest BCUT2D eigenvalue weighted by Crippen LogP contribution is 2.52. The van der Waals surface area contributed by atoms with Gasteiger partial charge in [-0.05, 0) is 30.9 Å². The number of nitrogens with zero attached hydrogens (tertiary/aromatic N) is 5. The molecule has 0 radical (unpaired) electrons. The number of thiazole rings is 1. The van der Waals surface area contributed by atoms with Crippen LogP contribution >= 0.6 is 22.9 Å². The molecule has 2 N–H and O–H groups in total. The molecule has 1 unspecified atom stereocenters. The van der Waals surface area contributed by atoms with Crippen molar-refractivity contribution in [3.8, 4) is 23.0 Å². The Hall–Kier alpha value is -4.19. The number of para-hydroxylation sites is 1. The molecule has 0 bridgehead atoms. The van der Waals surface area contributed by atoms with Crippen LogP contribution in [0.4, 0.5) is 5.13 Å². The molecule has 9 heteroatoms. The van der Waals surface area contributed by atoms with Crippen LogP contribution in [0.15, 0.2) is 88.7 Å². The molecule has 3 heterocycles. The van der Waals surface area contributed by atoms with Gasteiger partial charge in [0.15, 0.2) is 10.9 Å². The molecule has 1 aliphatic carbocycles. The number of aryl methyl sites for hydroxylation is 1. The molecule has 2 aliphatic rings. The fourth-order valence-electron chi connectivity index (χ4n) is 5.70. The van der Waals surface area contributed by atoms with Crippen LogP contribution in [0.25, 0.3) is 16.9 Å². The predicted octanol–water partition coefficient (Wildman–Crippen LogP) is 6.90. The molecule has 200 valence electrons. The lowest BCUT2D eigenvalue weighted by Crippen LogP contribution is -2.42. The van der Waals surface area contributed by atoms with E-state index in [2.05, 4.69) is 19.9 Å². The summed E-state index contributed by atoms with van der Waals surface area (Å²) in [5, 5.41) is 18.1. The number of carbonyl (C=O) groups excluding carboxylic acids is 1. The van der Waals surface area contributed by atoms with Crippen LogP contribution in [0.2, 0.25) is 5.15 Å². The van der Waals surface area contributed by atoms with Crippen molar-refractivity contribution in [3.05, 3.63) is 105 Å². The van der Waals surface area contributed by atoms with Crippen molar-refractivity contribution in [3.63, 3.8) is 0 Å². The largest absolute Gasteiger partial charge is 0.384 e. The van der Waals surface area contributed by atoms with Gasteiger partial charge in [-0.1, -0.05) is 74.0 Å². The number of Topliss-reactive ketones (excluding diaryl/α,β-unsaturated/α-hetero) is 1. The SMILES string of the molecule is Cc1nn(-c2ccccc2)c(Cl)c1C1C(C#N)=C(N)N(c2nc(-c3ccccc3)cs2)C2=C1C(=O)CC(C)(C)C2. The van der Waals surface area contributed by atoms with Crippen LogP contribution in [-0.2, 0) is 4.79 Å². The number of halogens is 1. The van der Waals surface area contributed by atoms with Crippen molar-refractivity contribution < 1.29 is 4.79 Å². The monoisotopic (exact) mass is 566 g/mol. The van der Waals surface area contributed by atoms with Crippen molar-refractivity contribution in [1.29, 1.82) is 5.26 Å². The van der Waals surface area contributed by atoms with Crippen LogP contribution in [0.3, 0.4) is 0 Å². The summed E-state index contributed by atoms with van der Waals surface area (Å²) in [4.78, 5) is 20.7. The van der Waals surface area contributed by atoms with Gasteiger partial charge in [0.1, 0.15) is 11.0 Å². The third-order valence-electron chi connectivity index (χ3n) is 7.47. The van der Waals surface area contributed by atoms with Gasteiger partial charge in [-0.15, -0.1) is 11.3 Å². The van der Waals surface area contributed by atoms with E-state index >= 15 is 0 Å². The van der Waals surface area contributed by atoms with E-state index in [0.717, 1.165) is 22.6 Å². The first-order valence-corrected chi connectivity index (χ1v) is 14.2. The molecule has 1 atom stereocenters. The highest BCUT2D eigenvalue weighted by molar-refractivity contribution is 7.14. The van der Waals surface area contributed by atoms with E-state index in [1.807, 2.05) is 77.9 Å². The second-order valence-electron chi connectivity index (χ2n) is 10.9. The first-order chi connectivity index (χ1) is 19.2. The van der Waals surface area contributed by atoms with Crippen LogP contribution in [0.1, 0.15) is 43.9 Å². The van der Waals surface area contributed by atoms with Crippen LogP contribution in [0.5, 0.6) is 0 Å². The van der Waals surface area contributed by atoms with Crippen LogP contribution < -0.4 is 10.6 Å². The minimum atomic E-state index is -0.724. The first kappa shape index (κ1) is 26.1. The number of hydrogen-bond donors (Lipinski definition) is 1. The maximum atomic E-state index is 14.0. The lowest BCUT2D eigenvalue weighted by molar-refractivity contribution is -0.118. The molecule has 0 fully saturated rings. The molecule has 40 heavy (non-hydrogen) atoms. The first-order valence-electron chi connectivity index (χ1n) is 13.0. The number of rotatable bonds is 4. The summed E-state index contributed by atoms with van der Waals surface area (Å²) < 4.78 is 1.65. The second-order valence-corrected chi connectivity index (χ2v) is 12.1. The zero-order chi connectivity index (χ0) is 28.2. The summed E-state index contributed by atoms with van der Waals surface area (Å²) in [5.74, 6) is -0.490. The van der Waals surface area contributed by atoms with Gasteiger partial charge in [0.05, 0.1) is 34.6 Å². The Labute approximate surface area is 241 Å². The number of allylic oxidation sites excluding steroid dienone is 3. The Morgan fingerprint density at radius 3 is 2.45 bits per heavy atom. The minimum absolute atomic E-state index is 0.0238. The van der Waals surface area contributed by atoms with Gasteiger partial charge in [0.25, 0.3) is 0 Å². The quantitative estimate of drug-likeness (QED) is 0.288. The van der Waals surface area contributed by atoms with E-state index < -0.39 is 5.92 Å².